The van der Waals surface area contributed by atoms with Gasteiger partial charge in [-0.15, -0.1) is 0 Å². The lowest BCUT2D eigenvalue weighted by Crippen LogP contribution is -2.09. The molecule has 2 rings (SSSR count). The second-order valence-corrected chi connectivity index (χ2v) is 6.75. The van der Waals surface area contributed by atoms with Gasteiger partial charge in [0, 0.05) is 17.4 Å². The number of benzene rings is 1. The first-order chi connectivity index (χ1) is 9.97. The average molecular weight is 416 g/mol. The van der Waals surface area contributed by atoms with Crippen molar-refractivity contribution in [2.45, 2.75) is 46.3 Å². The number of nitrogens with zero attached hydrogens (tertiary/aromatic N) is 2. The van der Waals surface area contributed by atoms with Crippen LogP contribution in [-0.2, 0) is 19.4 Å². The van der Waals surface area contributed by atoms with Crippen LogP contribution >= 0.6 is 31.9 Å². The molecule has 3 nitrogen and oxygen atoms in total. The van der Waals surface area contributed by atoms with E-state index in [2.05, 4.69) is 50.8 Å². The predicted octanol–water partition coefficient (Wildman–Crippen LogP) is 4.57. The Bertz CT molecular complexity index is 637. The zero-order chi connectivity index (χ0) is 15.6. The molecule has 0 radical (unpaired) electrons. The van der Waals surface area contributed by atoms with Crippen molar-refractivity contribution >= 4 is 31.9 Å². The molecule has 5 heteroatoms. The molecule has 1 unspecified atom stereocenters. The number of hydrogen-bond donors (Lipinski definition) is 1. The van der Waals surface area contributed by atoms with Crippen LogP contribution in [0.1, 0.15) is 42.5 Å². The molecule has 1 aromatic heterocycles. The van der Waals surface area contributed by atoms with E-state index in [9.17, 15) is 5.11 Å². The molecular formula is C16H20Br2N2O. The minimum Gasteiger partial charge on any atom is -0.388 e. The van der Waals surface area contributed by atoms with Gasteiger partial charge in [0.05, 0.1) is 22.0 Å². The number of hydrogen-bond acceptors (Lipinski definition) is 2. The van der Waals surface area contributed by atoms with Crippen LogP contribution in [0.5, 0.6) is 0 Å². The van der Waals surface area contributed by atoms with Gasteiger partial charge in [-0.05, 0) is 53.4 Å². The summed E-state index contributed by atoms with van der Waals surface area (Å²) in [5, 5.41) is 15.1. The van der Waals surface area contributed by atoms with E-state index >= 15 is 0 Å². The molecule has 114 valence electrons. The van der Waals surface area contributed by atoms with Gasteiger partial charge in [-0.2, -0.15) is 5.10 Å². The minimum absolute atomic E-state index is 0.528. The van der Waals surface area contributed by atoms with E-state index in [4.69, 9.17) is 0 Å². The Morgan fingerprint density at radius 3 is 2.57 bits per heavy atom. The van der Waals surface area contributed by atoms with Gasteiger partial charge in [0.15, 0.2) is 0 Å². The van der Waals surface area contributed by atoms with Crippen LogP contribution in [0, 0.1) is 6.92 Å². The Morgan fingerprint density at radius 1 is 1.29 bits per heavy atom. The highest BCUT2D eigenvalue weighted by Crippen LogP contribution is 2.28. The van der Waals surface area contributed by atoms with E-state index in [1.165, 1.54) is 0 Å². The molecule has 1 heterocycles. The third-order valence-corrected chi connectivity index (χ3v) is 5.45. The number of aliphatic hydroxyl groups is 1. The molecule has 1 atom stereocenters. The standard InChI is InChI=1S/C16H20Br2N2O/c1-4-13-16(18)14(20(5-2)19-13)9-15(21)11-6-7-12(17)10(3)8-11/h6-8,15,21H,4-5,9H2,1-3H3. The summed E-state index contributed by atoms with van der Waals surface area (Å²) in [4.78, 5) is 0. The molecule has 2 aromatic rings. The van der Waals surface area contributed by atoms with Crippen LogP contribution in [0.25, 0.3) is 0 Å². The van der Waals surface area contributed by atoms with Gasteiger partial charge in [-0.25, -0.2) is 0 Å². The molecule has 21 heavy (non-hydrogen) atoms. The SMILES string of the molecule is CCc1nn(CC)c(CC(O)c2ccc(Br)c(C)c2)c1Br. The number of aryl methyl sites for hydroxylation is 3. The maximum absolute atomic E-state index is 10.5. The molecule has 0 saturated carbocycles. The first-order valence-corrected chi connectivity index (χ1v) is 8.74. The molecule has 0 fully saturated rings. The van der Waals surface area contributed by atoms with E-state index in [1.807, 2.05) is 29.8 Å². The second-order valence-electron chi connectivity index (χ2n) is 5.11. The van der Waals surface area contributed by atoms with Crippen LogP contribution in [0.4, 0.5) is 0 Å². The fraction of sp³-hybridized carbons (Fsp3) is 0.438. The van der Waals surface area contributed by atoms with E-state index in [0.29, 0.717) is 6.42 Å². The first-order valence-electron chi connectivity index (χ1n) is 7.16. The molecule has 0 aliphatic carbocycles. The highest BCUT2D eigenvalue weighted by molar-refractivity contribution is 9.10. The lowest BCUT2D eigenvalue weighted by molar-refractivity contribution is 0.175. The Kier molecular flexibility index (Phi) is 5.63. The Hall–Kier alpha value is -0.650. The van der Waals surface area contributed by atoms with Gasteiger partial charge in [-0.1, -0.05) is 35.0 Å². The Labute approximate surface area is 142 Å². The maximum atomic E-state index is 10.5. The molecule has 1 N–H and O–H groups in total. The van der Waals surface area contributed by atoms with Gasteiger partial charge in [0.1, 0.15) is 0 Å². The minimum atomic E-state index is -0.528. The van der Waals surface area contributed by atoms with Gasteiger partial charge >= 0.3 is 0 Å². The largest absolute Gasteiger partial charge is 0.388 e. The van der Waals surface area contributed by atoms with Gasteiger partial charge < -0.3 is 5.11 Å². The predicted molar refractivity (Wildman–Crippen MR) is 92.5 cm³/mol. The van der Waals surface area contributed by atoms with Crippen molar-refractivity contribution in [2.75, 3.05) is 0 Å². The van der Waals surface area contributed by atoms with Crippen molar-refractivity contribution in [3.8, 4) is 0 Å². The quantitative estimate of drug-likeness (QED) is 0.776. The zero-order valence-corrected chi connectivity index (χ0v) is 15.7. The van der Waals surface area contributed by atoms with Crippen LogP contribution < -0.4 is 0 Å². The van der Waals surface area contributed by atoms with Gasteiger partial charge in [0.25, 0.3) is 0 Å². The zero-order valence-electron chi connectivity index (χ0n) is 12.5. The lowest BCUT2D eigenvalue weighted by Gasteiger charge is -2.14. The summed E-state index contributed by atoms with van der Waals surface area (Å²) >= 11 is 7.12. The summed E-state index contributed by atoms with van der Waals surface area (Å²) in [5.41, 5.74) is 4.17. The van der Waals surface area contributed by atoms with Crippen LogP contribution in [0.15, 0.2) is 27.1 Å². The maximum Gasteiger partial charge on any atom is 0.0845 e. The molecule has 0 aliphatic heterocycles. The van der Waals surface area contributed by atoms with E-state index in [-0.39, 0.29) is 0 Å². The number of rotatable bonds is 5. The summed E-state index contributed by atoms with van der Waals surface area (Å²) in [7, 11) is 0. The second kappa shape index (κ2) is 7.07. The number of halogens is 2. The first kappa shape index (κ1) is 16.7. The number of aliphatic hydroxyl groups excluding tert-OH is 1. The summed E-state index contributed by atoms with van der Waals surface area (Å²) < 4.78 is 4.06. The lowest BCUT2D eigenvalue weighted by atomic mass is 10.0. The van der Waals surface area contributed by atoms with Crippen molar-refractivity contribution in [2.24, 2.45) is 0 Å². The van der Waals surface area contributed by atoms with Crippen LogP contribution in [-0.4, -0.2) is 14.9 Å². The molecule has 0 bridgehead atoms. The van der Waals surface area contributed by atoms with Gasteiger partial charge in [0.2, 0.25) is 0 Å². The van der Waals surface area contributed by atoms with Gasteiger partial charge in [-0.3, -0.25) is 4.68 Å². The summed E-state index contributed by atoms with van der Waals surface area (Å²) in [6.07, 6.45) is 0.913. The Balaban J connectivity index is 2.28. The molecule has 1 aromatic carbocycles. The molecule has 0 saturated heterocycles. The summed E-state index contributed by atoms with van der Waals surface area (Å²) in [6.45, 7) is 6.99. The highest BCUT2D eigenvalue weighted by Gasteiger charge is 2.18. The normalized spacial score (nSPS) is 12.7. The van der Waals surface area contributed by atoms with E-state index < -0.39 is 6.10 Å². The summed E-state index contributed by atoms with van der Waals surface area (Å²) in [5.74, 6) is 0. The number of aromatic nitrogens is 2. The molecule has 0 amide bonds. The Morgan fingerprint density at radius 2 is 2.00 bits per heavy atom. The monoisotopic (exact) mass is 414 g/mol. The molecule has 0 aliphatic rings. The van der Waals surface area contributed by atoms with Crippen LogP contribution in [0.2, 0.25) is 0 Å². The molecular weight excluding hydrogens is 396 g/mol. The van der Waals surface area contributed by atoms with Crippen molar-refractivity contribution < 1.29 is 5.11 Å². The van der Waals surface area contributed by atoms with E-state index in [0.717, 1.165) is 44.4 Å². The van der Waals surface area contributed by atoms with Crippen molar-refractivity contribution in [3.05, 3.63) is 49.7 Å². The van der Waals surface area contributed by atoms with E-state index in [1.54, 1.807) is 0 Å². The average Bonchev–Trinajstić information content (AvgIpc) is 2.78. The summed E-state index contributed by atoms with van der Waals surface area (Å²) in [6, 6.07) is 5.97. The topological polar surface area (TPSA) is 38.0 Å². The fourth-order valence-corrected chi connectivity index (χ4v) is 3.36. The smallest absolute Gasteiger partial charge is 0.0845 e. The van der Waals surface area contributed by atoms with Crippen molar-refractivity contribution in [1.29, 1.82) is 0 Å². The highest BCUT2D eigenvalue weighted by atomic mass is 79.9. The van der Waals surface area contributed by atoms with Crippen LogP contribution in [0.3, 0.4) is 0 Å². The third kappa shape index (κ3) is 3.58. The van der Waals surface area contributed by atoms with Crippen molar-refractivity contribution in [3.63, 3.8) is 0 Å². The fourth-order valence-electron chi connectivity index (χ4n) is 2.39. The third-order valence-electron chi connectivity index (χ3n) is 3.65. The molecule has 0 spiro atoms. The van der Waals surface area contributed by atoms with Crippen molar-refractivity contribution in [1.82, 2.24) is 9.78 Å².